The summed E-state index contributed by atoms with van der Waals surface area (Å²) in [7, 11) is 0. The lowest BCUT2D eigenvalue weighted by molar-refractivity contribution is -0.142. The topological polar surface area (TPSA) is 92.4 Å². The molecule has 98 valence electrons. The van der Waals surface area contributed by atoms with Gasteiger partial charge >= 0.3 is 5.97 Å². The smallest absolute Gasteiger partial charge is 0.326 e. The predicted molar refractivity (Wildman–Crippen MR) is 67.9 cm³/mol. The Labute approximate surface area is 106 Å². The molecule has 0 aromatic heterocycles. The number of carbonyl (C=O) groups is 2. The first-order valence-electron chi connectivity index (χ1n) is 5.84. The van der Waals surface area contributed by atoms with E-state index in [0.717, 1.165) is 19.3 Å². The maximum atomic E-state index is 11.9. The van der Waals surface area contributed by atoms with Crippen LogP contribution in [-0.4, -0.2) is 41.1 Å². The number of nitrogens with two attached hydrogens (primary N) is 1. The summed E-state index contributed by atoms with van der Waals surface area (Å²) in [6.45, 7) is 0. The molecule has 0 spiro atoms. The Morgan fingerprint density at radius 1 is 1.53 bits per heavy atom. The summed E-state index contributed by atoms with van der Waals surface area (Å²) in [6.07, 6.45) is 4.92. The number of thioether (sulfide) groups is 1. The Morgan fingerprint density at radius 2 is 2.24 bits per heavy atom. The molecule has 1 saturated carbocycles. The van der Waals surface area contributed by atoms with Crippen molar-refractivity contribution in [1.82, 2.24) is 5.32 Å². The number of hydrogen-bond acceptors (Lipinski definition) is 4. The van der Waals surface area contributed by atoms with Gasteiger partial charge in [0.15, 0.2) is 0 Å². The van der Waals surface area contributed by atoms with Crippen LogP contribution in [0.5, 0.6) is 0 Å². The first-order valence-corrected chi connectivity index (χ1v) is 7.23. The number of carbonyl (C=O) groups excluding carboxylic acids is 1. The molecule has 1 rings (SSSR count). The summed E-state index contributed by atoms with van der Waals surface area (Å²) in [5, 5.41) is 11.6. The lowest BCUT2D eigenvalue weighted by atomic mass is 10.0. The van der Waals surface area contributed by atoms with Crippen molar-refractivity contribution < 1.29 is 14.7 Å². The molecule has 2 unspecified atom stereocenters. The van der Waals surface area contributed by atoms with Gasteiger partial charge < -0.3 is 16.2 Å². The monoisotopic (exact) mass is 260 g/mol. The normalized spacial score (nSPS) is 25.5. The van der Waals surface area contributed by atoms with Gasteiger partial charge in [-0.1, -0.05) is 6.42 Å². The molecule has 1 amide bonds. The Hall–Kier alpha value is -0.750. The number of carboxylic acids is 1. The second-order valence-electron chi connectivity index (χ2n) is 4.38. The standard InChI is InChI=1S/C11H20N2O3S/c1-17-6-5-9(11(15)16)13-10(14)7-3-2-4-8(7)12/h7-9H,2-6,12H2,1H3,(H,13,14)(H,15,16)/t7?,8?,9-/m0/s1. The van der Waals surface area contributed by atoms with Gasteiger partial charge in [0, 0.05) is 6.04 Å². The highest BCUT2D eigenvalue weighted by Gasteiger charge is 2.32. The fraction of sp³-hybridized carbons (Fsp3) is 0.818. The SMILES string of the molecule is CSCC[C@H](NC(=O)C1CCCC1N)C(=O)O. The highest BCUT2D eigenvalue weighted by molar-refractivity contribution is 7.98. The number of nitrogens with one attached hydrogen (secondary N) is 1. The summed E-state index contributed by atoms with van der Waals surface area (Å²) >= 11 is 1.57. The molecular formula is C11H20N2O3S. The van der Waals surface area contributed by atoms with Crippen molar-refractivity contribution in [3.8, 4) is 0 Å². The molecule has 0 radical (unpaired) electrons. The van der Waals surface area contributed by atoms with Gasteiger partial charge in [-0.05, 0) is 31.3 Å². The maximum Gasteiger partial charge on any atom is 0.326 e. The molecular weight excluding hydrogens is 240 g/mol. The van der Waals surface area contributed by atoms with E-state index >= 15 is 0 Å². The van der Waals surface area contributed by atoms with Crippen LogP contribution < -0.4 is 11.1 Å². The van der Waals surface area contributed by atoms with E-state index in [4.69, 9.17) is 10.8 Å². The molecule has 6 heteroatoms. The van der Waals surface area contributed by atoms with E-state index < -0.39 is 12.0 Å². The van der Waals surface area contributed by atoms with Crippen molar-refractivity contribution in [2.75, 3.05) is 12.0 Å². The van der Waals surface area contributed by atoms with Crippen LogP contribution in [0.2, 0.25) is 0 Å². The summed E-state index contributed by atoms with van der Waals surface area (Å²) in [4.78, 5) is 22.9. The Bertz CT molecular complexity index is 286. The van der Waals surface area contributed by atoms with Crippen LogP contribution in [0.25, 0.3) is 0 Å². The molecule has 0 saturated heterocycles. The summed E-state index contributed by atoms with van der Waals surface area (Å²) in [6, 6.07) is -0.909. The number of rotatable bonds is 6. The molecule has 17 heavy (non-hydrogen) atoms. The zero-order chi connectivity index (χ0) is 12.8. The number of amides is 1. The lowest BCUT2D eigenvalue weighted by Crippen LogP contribution is -2.46. The van der Waals surface area contributed by atoms with Crippen molar-refractivity contribution in [2.24, 2.45) is 11.7 Å². The van der Waals surface area contributed by atoms with Crippen molar-refractivity contribution >= 4 is 23.6 Å². The summed E-state index contributed by atoms with van der Waals surface area (Å²) in [5.74, 6) is -0.679. The molecule has 0 aromatic carbocycles. The molecule has 1 fully saturated rings. The second kappa shape index (κ2) is 6.86. The molecule has 4 N–H and O–H groups in total. The summed E-state index contributed by atoms with van der Waals surface area (Å²) in [5.41, 5.74) is 5.82. The van der Waals surface area contributed by atoms with Gasteiger partial charge in [0.1, 0.15) is 6.04 Å². The minimum absolute atomic E-state index is 0.120. The van der Waals surface area contributed by atoms with Gasteiger partial charge in [-0.3, -0.25) is 4.79 Å². The number of hydrogen-bond donors (Lipinski definition) is 3. The Kier molecular flexibility index (Phi) is 5.77. The van der Waals surface area contributed by atoms with Crippen LogP contribution >= 0.6 is 11.8 Å². The van der Waals surface area contributed by atoms with Crippen LogP contribution in [0, 0.1) is 5.92 Å². The van der Waals surface area contributed by atoms with Gasteiger partial charge in [0.2, 0.25) is 5.91 Å². The highest BCUT2D eigenvalue weighted by atomic mass is 32.2. The molecule has 0 aliphatic heterocycles. The van der Waals surface area contributed by atoms with Crippen LogP contribution in [0.1, 0.15) is 25.7 Å². The summed E-state index contributed by atoms with van der Waals surface area (Å²) < 4.78 is 0. The van der Waals surface area contributed by atoms with Crippen molar-refractivity contribution in [1.29, 1.82) is 0 Å². The zero-order valence-corrected chi connectivity index (χ0v) is 10.8. The van der Waals surface area contributed by atoms with Crippen LogP contribution in [0.3, 0.4) is 0 Å². The first kappa shape index (κ1) is 14.3. The molecule has 0 bridgehead atoms. The lowest BCUT2D eigenvalue weighted by Gasteiger charge is -2.19. The average molecular weight is 260 g/mol. The molecule has 1 aliphatic rings. The van der Waals surface area contributed by atoms with E-state index in [2.05, 4.69) is 5.32 Å². The second-order valence-corrected chi connectivity index (χ2v) is 5.37. The van der Waals surface area contributed by atoms with Gasteiger partial charge in [0.25, 0.3) is 0 Å². The van der Waals surface area contributed by atoms with Gasteiger partial charge in [-0.25, -0.2) is 4.79 Å². The first-order chi connectivity index (χ1) is 8.06. The number of carboxylic acid groups (broad SMARTS) is 1. The van der Waals surface area contributed by atoms with Crippen molar-refractivity contribution in [2.45, 2.75) is 37.8 Å². The fourth-order valence-electron chi connectivity index (χ4n) is 2.09. The van der Waals surface area contributed by atoms with Gasteiger partial charge in [0.05, 0.1) is 5.92 Å². The third-order valence-electron chi connectivity index (χ3n) is 3.13. The van der Waals surface area contributed by atoms with Crippen LogP contribution in [0.15, 0.2) is 0 Å². The largest absolute Gasteiger partial charge is 0.480 e. The third kappa shape index (κ3) is 4.20. The Balaban J connectivity index is 2.48. The Morgan fingerprint density at radius 3 is 2.71 bits per heavy atom. The quantitative estimate of drug-likeness (QED) is 0.644. The molecule has 0 heterocycles. The highest BCUT2D eigenvalue weighted by Crippen LogP contribution is 2.24. The van der Waals surface area contributed by atoms with E-state index in [0.29, 0.717) is 12.2 Å². The van der Waals surface area contributed by atoms with E-state index in [1.54, 1.807) is 11.8 Å². The average Bonchev–Trinajstić information content (AvgIpc) is 2.70. The van der Waals surface area contributed by atoms with Crippen molar-refractivity contribution in [3.63, 3.8) is 0 Å². The zero-order valence-electron chi connectivity index (χ0n) is 10.0. The van der Waals surface area contributed by atoms with E-state index in [1.165, 1.54) is 0 Å². The minimum atomic E-state index is -0.973. The number of aliphatic carboxylic acids is 1. The van der Waals surface area contributed by atoms with Gasteiger partial charge in [-0.15, -0.1) is 0 Å². The minimum Gasteiger partial charge on any atom is -0.480 e. The van der Waals surface area contributed by atoms with Crippen LogP contribution in [0.4, 0.5) is 0 Å². The predicted octanol–water partition coefficient (Wildman–Crippen LogP) is 0.436. The molecule has 5 nitrogen and oxygen atoms in total. The molecule has 3 atom stereocenters. The maximum absolute atomic E-state index is 11.9. The van der Waals surface area contributed by atoms with E-state index in [-0.39, 0.29) is 17.9 Å². The fourth-order valence-corrected chi connectivity index (χ4v) is 2.56. The van der Waals surface area contributed by atoms with Gasteiger partial charge in [-0.2, -0.15) is 11.8 Å². The third-order valence-corrected chi connectivity index (χ3v) is 3.78. The van der Waals surface area contributed by atoms with Crippen LogP contribution in [-0.2, 0) is 9.59 Å². The van der Waals surface area contributed by atoms with E-state index in [1.807, 2.05) is 6.26 Å². The molecule has 1 aliphatic carbocycles. The molecule has 0 aromatic rings. The van der Waals surface area contributed by atoms with Crippen molar-refractivity contribution in [3.05, 3.63) is 0 Å². The van der Waals surface area contributed by atoms with E-state index in [9.17, 15) is 9.59 Å².